The van der Waals surface area contributed by atoms with Crippen LogP contribution < -0.4 is 4.74 Å². The Bertz CT molecular complexity index is 762. The summed E-state index contributed by atoms with van der Waals surface area (Å²) >= 11 is 0. The van der Waals surface area contributed by atoms with Crippen molar-refractivity contribution in [1.82, 2.24) is 0 Å². The number of para-hydroxylation sites is 1. The van der Waals surface area contributed by atoms with E-state index in [-0.39, 0.29) is 16.0 Å². The lowest BCUT2D eigenvalue weighted by atomic mass is 9.87. The molecule has 22 heavy (non-hydrogen) atoms. The summed E-state index contributed by atoms with van der Waals surface area (Å²) in [6, 6.07) is 14.5. The third-order valence-electron chi connectivity index (χ3n) is 3.68. The molecule has 4 nitrogen and oxygen atoms in total. The van der Waals surface area contributed by atoms with Crippen LogP contribution in [-0.4, -0.2) is 11.5 Å². The van der Waals surface area contributed by atoms with Gasteiger partial charge in [-0.1, -0.05) is 50.3 Å². The highest BCUT2D eigenvalue weighted by Crippen LogP contribution is 2.38. The van der Waals surface area contributed by atoms with Gasteiger partial charge in [0, 0.05) is 23.1 Å². The van der Waals surface area contributed by atoms with Crippen molar-refractivity contribution in [2.75, 3.05) is 6.61 Å². The van der Waals surface area contributed by atoms with Crippen LogP contribution >= 0.6 is 0 Å². The Morgan fingerprint density at radius 3 is 2.68 bits per heavy atom. The van der Waals surface area contributed by atoms with Crippen molar-refractivity contribution in [3.63, 3.8) is 0 Å². The van der Waals surface area contributed by atoms with Crippen molar-refractivity contribution in [3.8, 4) is 5.75 Å². The lowest BCUT2D eigenvalue weighted by Gasteiger charge is -2.18. The molecule has 0 amide bonds. The molecule has 0 spiro atoms. The van der Waals surface area contributed by atoms with E-state index < -0.39 is 0 Å². The second kappa shape index (κ2) is 5.30. The zero-order chi connectivity index (χ0) is 15.7. The van der Waals surface area contributed by atoms with Gasteiger partial charge in [-0.2, -0.15) is 0 Å². The molecule has 0 saturated carbocycles. The zero-order valence-corrected chi connectivity index (χ0v) is 12.6. The first-order valence-electron chi connectivity index (χ1n) is 7.16. The Hall–Kier alpha value is -2.62. The number of benzene rings is 2. The van der Waals surface area contributed by atoms with Crippen LogP contribution in [0.1, 0.15) is 25.0 Å². The van der Waals surface area contributed by atoms with Crippen molar-refractivity contribution in [1.29, 1.82) is 0 Å². The molecule has 0 N–H and O–H groups in total. The number of rotatable bonds is 2. The predicted molar refractivity (Wildman–Crippen MR) is 85.9 cm³/mol. The molecule has 0 radical (unpaired) electrons. The minimum Gasteiger partial charge on any atom is -0.492 e. The summed E-state index contributed by atoms with van der Waals surface area (Å²) in [4.78, 5) is 10.7. The van der Waals surface area contributed by atoms with Crippen LogP contribution in [0.4, 0.5) is 5.69 Å². The average molecular weight is 295 g/mol. The molecule has 0 fully saturated rings. The molecule has 1 heterocycles. The Morgan fingerprint density at radius 1 is 1.14 bits per heavy atom. The molecule has 2 aromatic rings. The minimum atomic E-state index is -0.367. The fourth-order valence-electron chi connectivity index (χ4n) is 2.61. The SMILES string of the molecule is CC1(C)C=C(c2cccc([N+](=O)[O-])c2)c2ccccc2OC1. The van der Waals surface area contributed by atoms with Crippen molar-refractivity contribution >= 4 is 11.3 Å². The molecule has 4 heteroatoms. The second-order valence-electron chi connectivity index (χ2n) is 6.14. The molecule has 0 atom stereocenters. The monoisotopic (exact) mass is 295 g/mol. The van der Waals surface area contributed by atoms with Crippen LogP contribution in [0.3, 0.4) is 0 Å². The first-order chi connectivity index (χ1) is 10.5. The van der Waals surface area contributed by atoms with E-state index in [9.17, 15) is 10.1 Å². The van der Waals surface area contributed by atoms with Gasteiger partial charge in [0.2, 0.25) is 0 Å². The molecule has 0 bridgehead atoms. The number of fused-ring (bicyclic) bond motifs is 1. The Kier molecular flexibility index (Phi) is 3.45. The minimum absolute atomic E-state index is 0.0962. The molecule has 0 aliphatic carbocycles. The summed E-state index contributed by atoms with van der Waals surface area (Å²) < 4.78 is 5.91. The lowest BCUT2D eigenvalue weighted by Crippen LogP contribution is -2.17. The normalized spacial score (nSPS) is 16.0. The van der Waals surface area contributed by atoms with Gasteiger partial charge in [0.05, 0.1) is 11.5 Å². The number of nitro groups is 1. The summed E-state index contributed by atoms with van der Waals surface area (Å²) in [5, 5.41) is 11.0. The molecule has 1 aliphatic heterocycles. The van der Waals surface area contributed by atoms with E-state index in [1.54, 1.807) is 12.1 Å². The zero-order valence-electron chi connectivity index (χ0n) is 12.6. The third kappa shape index (κ3) is 2.72. The van der Waals surface area contributed by atoms with Gasteiger partial charge in [0.15, 0.2) is 0 Å². The van der Waals surface area contributed by atoms with Crippen molar-refractivity contribution in [2.45, 2.75) is 13.8 Å². The van der Waals surface area contributed by atoms with Gasteiger partial charge in [-0.05, 0) is 17.2 Å². The van der Waals surface area contributed by atoms with Gasteiger partial charge >= 0.3 is 0 Å². The van der Waals surface area contributed by atoms with E-state index in [1.807, 2.05) is 30.3 Å². The Labute approximate surface area is 129 Å². The maximum absolute atomic E-state index is 11.0. The highest BCUT2D eigenvalue weighted by Gasteiger charge is 2.24. The van der Waals surface area contributed by atoms with E-state index >= 15 is 0 Å². The number of nitrogens with zero attached hydrogens (tertiary/aromatic N) is 1. The van der Waals surface area contributed by atoms with E-state index in [4.69, 9.17) is 4.74 Å². The van der Waals surface area contributed by atoms with Gasteiger partial charge in [0.25, 0.3) is 5.69 Å². The van der Waals surface area contributed by atoms with Gasteiger partial charge in [-0.3, -0.25) is 10.1 Å². The van der Waals surface area contributed by atoms with Gasteiger partial charge in [0.1, 0.15) is 5.75 Å². The van der Waals surface area contributed by atoms with Crippen molar-refractivity contribution in [2.24, 2.45) is 5.41 Å². The Balaban J connectivity index is 2.20. The molecular weight excluding hydrogens is 278 g/mol. The van der Waals surface area contributed by atoms with Crippen LogP contribution in [-0.2, 0) is 0 Å². The summed E-state index contributed by atoms with van der Waals surface area (Å²) in [5.41, 5.74) is 2.72. The number of ether oxygens (including phenoxy) is 1. The summed E-state index contributed by atoms with van der Waals surface area (Å²) in [6.07, 6.45) is 2.14. The number of hydrogen-bond donors (Lipinski definition) is 0. The predicted octanol–water partition coefficient (Wildman–Crippen LogP) is 4.45. The van der Waals surface area contributed by atoms with Crippen LogP contribution in [0.5, 0.6) is 5.75 Å². The first-order valence-corrected chi connectivity index (χ1v) is 7.16. The lowest BCUT2D eigenvalue weighted by molar-refractivity contribution is -0.384. The highest BCUT2D eigenvalue weighted by molar-refractivity contribution is 5.84. The fraction of sp³-hybridized carbons (Fsp3) is 0.222. The molecule has 112 valence electrons. The van der Waals surface area contributed by atoms with Crippen LogP contribution in [0, 0.1) is 15.5 Å². The molecule has 0 saturated heterocycles. The van der Waals surface area contributed by atoms with Crippen LogP contribution in [0.25, 0.3) is 5.57 Å². The summed E-state index contributed by atoms with van der Waals surface area (Å²) in [5.74, 6) is 0.811. The molecule has 3 rings (SSSR count). The summed E-state index contributed by atoms with van der Waals surface area (Å²) in [6.45, 7) is 4.76. The summed E-state index contributed by atoms with van der Waals surface area (Å²) in [7, 11) is 0. The van der Waals surface area contributed by atoms with Crippen molar-refractivity contribution < 1.29 is 9.66 Å². The highest BCUT2D eigenvalue weighted by atomic mass is 16.6. The first kappa shape index (κ1) is 14.3. The number of non-ortho nitro benzene ring substituents is 1. The largest absolute Gasteiger partial charge is 0.492 e. The third-order valence-corrected chi connectivity index (χ3v) is 3.68. The maximum atomic E-state index is 11.0. The molecule has 0 unspecified atom stereocenters. The van der Waals surface area contributed by atoms with Gasteiger partial charge in [-0.25, -0.2) is 0 Å². The van der Waals surface area contributed by atoms with E-state index in [2.05, 4.69) is 19.9 Å². The Morgan fingerprint density at radius 2 is 1.91 bits per heavy atom. The van der Waals surface area contributed by atoms with E-state index in [1.165, 1.54) is 6.07 Å². The fourth-order valence-corrected chi connectivity index (χ4v) is 2.61. The molecule has 0 aromatic heterocycles. The van der Waals surface area contributed by atoms with Crippen molar-refractivity contribution in [3.05, 3.63) is 75.8 Å². The topological polar surface area (TPSA) is 52.4 Å². The standard InChI is InChI=1S/C18H17NO3/c1-18(2)11-16(13-6-5-7-14(10-13)19(20)21)15-8-3-4-9-17(15)22-12-18/h3-11H,12H2,1-2H3. The molecule has 2 aromatic carbocycles. The number of hydrogen-bond acceptors (Lipinski definition) is 3. The van der Waals surface area contributed by atoms with Crippen LogP contribution in [0.2, 0.25) is 0 Å². The number of nitro benzene ring substituents is 1. The van der Waals surface area contributed by atoms with Gasteiger partial charge in [-0.15, -0.1) is 0 Å². The van der Waals surface area contributed by atoms with Crippen LogP contribution in [0.15, 0.2) is 54.6 Å². The molecular formula is C18H17NO3. The average Bonchev–Trinajstić information content (AvgIpc) is 2.64. The van der Waals surface area contributed by atoms with Gasteiger partial charge < -0.3 is 4.74 Å². The van der Waals surface area contributed by atoms with E-state index in [0.717, 1.165) is 22.4 Å². The smallest absolute Gasteiger partial charge is 0.270 e. The maximum Gasteiger partial charge on any atom is 0.270 e. The van der Waals surface area contributed by atoms with E-state index in [0.29, 0.717) is 6.61 Å². The second-order valence-corrected chi connectivity index (χ2v) is 6.14. The quantitative estimate of drug-likeness (QED) is 0.607. The molecule has 1 aliphatic rings.